The summed E-state index contributed by atoms with van der Waals surface area (Å²) in [4.78, 5) is 19.5. The summed E-state index contributed by atoms with van der Waals surface area (Å²) >= 11 is 1.60. The van der Waals surface area contributed by atoms with E-state index in [2.05, 4.69) is 14.9 Å². The van der Waals surface area contributed by atoms with Gasteiger partial charge in [0.15, 0.2) is 5.13 Å². The van der Waals surface area contributed by atoms with Gasteiger partial charge in [0, 0.05) is 48.1 Å². The number of fused-ring (bicyclic) bond motifs is 2. The van der Waals surface area contributed by atoms with E-state index in [0.717, 1.165) is 41.6 Å². The highest BCUT2D eigenvalue weighted by atomic mass is 32.1. The van der Waals surface area contributed by atoms with Crippen molar-refractivity contribution < 1.29 is 4.79 Å². The van der Waals surface area contributed by atoms with Crippen LogP contribution in [0.15, 0.2) is 17.6 Å². The van der Waals surface area contributed by atoms with Crippen molar-refractivity contribution in [2.75, 3.05) is 13.1 Å². The molecule has 2 aromatic rings. The first-order valence-electron chi connectivity index (χ1n) is 8.27. The predicted molar refractivity (Wildman–Crippen MR) is 91.4 cm³/mol. The van der Waals surface area contributed by atoms with Gasteiger partial charge in [0.05, 0.1) is 5.56 Å². The third-order valence-electron chi connectivity index (χ3n) is 5.08. The highest BCUT2D eigenvalue weighted by Gasteiger charge is 2.32. The molecule has 4 rings (SSSR count). The Labute approximate surface area is 140 Å². The standard InChI is InChI=1S/C17H22N4OS/c1-11-9-15(12(2)21(11)17-18-6-8-23-17)16(22)20-7-5-13-3-4-14(10-20)19-13/h6,8-9,13-14,19H,3-5,7,10H2,1-2H3. The van der Waals surface area contributed by atoms with Crippen LogP contribution in [0.3, 0.4) is 0 Å². The normalized spacial score (nSPS) is 24.0. The molecule has 2 unspecified atom stereocenters. The molecule has 122 valence electrons. The second-order valence-electron chi connectivity index (χ2n) is 6.61. The van der Waals surface area contributed by atoms with Gasteiger partial charge in [-0.2, -0.15) is 0 Å². The number of hydrogen-bond acceptors (Lipinski definition) is 4. The number of carbonyl (C=O) groups excluding carboxylic acids is 1. The molecule has 23 heavy (non-hydrogen) atoms. The molecular weight excluding hydrogens is 308 g/mol. The SMILES string of the molecule is Cc1cc(C(=O)N2CCC3CCC(C2)N3)c(C)n1-c1nccs1. The minimum atomic E-state index is 0.162. The first kappa shape index (κ1) is 14.9. The Kier molecular flexibility index (Phi) is 3.73. The van der Waals surface area contributed by atoms with Gasteiger partial charge in [0.1, 0.15) is 0 Å². The molecule has 2 aliphatic heterocycles. The fraction of sp³-hybridized carbons (Fsp3) is 0.529. The van der Waals surface area contributed by atoms with E-state index < -0.39 is 0 Å². The predicted octanol–water partition coefficient (Wildman–Crippen LogP) is 2.52. The smallest absolute Gasteiger partial charge is 0.255 e. The van der Waals surface area contributed by atoms with E-state index in [4.69, 9.17) is 0 Å². The number of aromatic nitrogens is 2. The average Bonchev–Trinajstić information content (AvgIpc) is 3.19. The molecule has 2 atom stereocenters. The van der Waals surface area contributed by atoms with E-state index in [0.29, 0.717) is 12.1 Å². The van der Waals surface area contributed by atoms with Crippen LogP contribution in [0.5, 0.6) is 0 Å². The second-order valence-corrected chi connectivity index (χ2v) is 7.49. The van der Waals surface area contributed by atoms with E-state index in [1.54, 1.807) is 17.5 Å². The van der Waals surface area contributed by atoms with E-state index in [1.165, 1.54) is 12.8 Å². The summed E-state index contributed by atoms with van der Waals surface area (Å²) < 4.78 is 2.08. The summed E-state index contributed by atoms with van der Waals surface area (Å²) in [6, 6.07) is 3.07. The van der Waals surface area contributed by atoms with Gasteiger partial charge in [0.2, 0.25) is 0 Å². The quantitative estimate of drug-likeness (QED) is 0.920. The van der Waals surface area contributed by atoms with Crippen molar-refractivity contribution in [3.8, 4) is 5.13 Å². The Bertz CT molecular complexity index is 721. The fourth-order valence-electron chi connectivity index (χ4n) is 3.90. The summed E-state index contributed by atoms with van der Waals surface area (Å²) in [6.45, 7) is 5.74. The van der Waals surface area contributed by atoms with Crippen LogP contribution in [0.2, 0.25) is 0 Å². The largest absolute Gasteiger partial charge is 0.337 e. The third-order valence-corrected chi connectivity index (χ3v) is 5.84. The first-order valence-corrected chi connectivity index (χ1v) is 9.15. The summed E-state index contributed by atoms with van der Waals surface area (Å²) in [5, 5.41) is 6.53. The molecule has 5 nitrogen and oxygen atoms in total. The Balaban J connectivity index is 1.63. The van der Waals surface area contributed by atoms with Crippen LogP contribution >= 0.6 is 11.3 Å². The molecule has 0 aliphatic carbocycles. The van der Waals surface area contributed by atoms with Crippen LogP contribution in [0.4, 0.5) is 0 Å². The van der Waals surface area contributed by atoms with Crippen LogP contribution in [-0.4, -0.2) is 45.5 Å². The van der Waals surface area contributed by atoms with Crippen molar-refractivity contribution in [3.05, 3.63) is 34.6 Å². The third kappa shape index (κ3) is 2.60. The molecule has 0 radical (unpaired) electrons. The number of carbonyl (C=O) groups is 1. The summed E-state index contributed by atoms with van der Waals surface area (Å²) in [6.07, 6.45) is 5.31. The van der Waals surface area contributed by atoms with Crippen LogP contribution in [0.1, 0.15) is 41.0 Å². The van der Waals surface area contributed by atoms with E-state index in [1.807, 2.05) is 30.2 Å². The Morgan fingerprint density at radius 3 is 2.91 bits per heavy atom. The van der Waals surface area contributed by atoms with E-state index in [9.17, 15) is 4.79 Å². The molecule has 2 aromatic heterocycles. The van der Waals surface area contributed by atoms with Crippen molar-refractivity contribution in [1.82, 2.24) is 19.8 Å². The number of likely N-dealkylation sites (tertiary alicyclic amines) is 1. The lowest BCUT2D eigenvalue weighted by Crippen LogP contribution is -2.39. The molecule has 0 spiro atoms. The number of amides is 1. The summed E-state index contributed by atoms with van der Waals surface area (Å²) in [5.41, 5.74) is 2.87. The lowest BCUT2D eigenvalue weighted by Gasteiger charge is -2.24. The van der Waals surface area contributed by atoms with Crippen LogP contribution in [0.25, 0.3) is 5.13 Å². The molecule has 2 aliphatic rings. The summed E-state index contributed by atoms with van der Waals surface area (Å²) in [5.74, 6) is 0.162. The number of thiazole rings is 1. The van der Waals surface area contributed by atoms with Gasteiger partial charge in [-0.25, -0.2) is 4.98 Å². The molecule has 2 saturated heterocycles. The molecule has 6 heteroatoms. The van der Waals surface area contributed by atoms with Gasteiger partial charge in [-0.3, -0.25) is 9.36 Å². The van der Waals surface area contributed by atoms with Gasteiger partial charge in [-0.15, -0.1) is 11.3 Å². The van der Waals surface area contributed by atoms with Gasteiger partial charge in [-0.05, 0) is 39.2 Å². The van der Waals surface area contributed by atoms with E-state index in [-0.39, 0.29) is 5.91 Å². The first-order chi connectivity index (χ1) is 11.1. The fourth-order valence-corrected chi connectivity index (χ4v) is 4.65. The van der Waals surface area contributed by atoms with Gasteiger partial charge in [0.25, 0.3) is 5.91 Å². The zero-order chi connectivity index (χ0) is 16.0. The average molecular weight is 330 g/mol. The Morgan fingerprint density at radius 1 is 1.30 bits per heavy atom. The number of nitrogens with one attached hydrogen (secondary N) is 1. The lowest BCUT2D eigenvalue weighted by atomic mass is 10.1. The summed E-state index contributed by atoms with van der Waals surface area (Å²) in [7, 11) is 0. The highest BCUT2D eigenvalue weighted by Crippen LogP contribution is 2.26. The van der Waals surface area contributed by atoms with Crippen molar-refractivity contribution in [3.63, 3.8) is 0 Å². The number of rotatable bonds is 2. The second kappa shape index (κ2) is 5.76. The minimum Gasteiger partial charge on any atom is -0.337 e. The van der Waals surface area contributed by atoms with Crippen LogP contribution in [-0.2, 0) is 0 Å². The van der Waals surface area contributed by atoms with Crippen LogP contribution in [0, 0.1) is 13.8 Å². The van der Waals surface area contributed by atoms with Crippen molar-refractivity contribution in [1.29, 1.82) is 0 Å². The topological polar surface area (TPSA) is 50.2 Å². The zero-order valence-corrected chi connectivity index (χ0v) is 14.4. The minimum absolute atomic E-state index is 0.162. The zero-order valence-electron chi connectivity index (χ0n) is 13.6. The van der Waals surface area contributed by atoms with Crippen molar-refractivity contribution in [2.45, 2.75) is 45.2 Å². The van der Waals surface area contributed by atoms with Crippen molar-refractivity contribution >= 4 is 17.2 Å². The maximum atomic E-state index is 13.1. The van der Waals surface area contributed by atoms with Crippen LogP contribution < -0.4 is 5.32 Å². The highest BCUT2D eigenvalue weighted by molar-refractivity contribution is 7.12. The lowest BCUT2D eigenvalue weighted by molar-refractivity contribution is 0.0747. The molecule has 2 fully saturated rings. The molecule has 0 saturated carbocycles. The number of hydrogen-bond donors (Lipinski definition) is 1. The molecular formula is C17H22N4OS. The maximum absolute atomic E-state index is 13.1. The molecule has 2 bridgehead atoms. The maximum Gasteiger partial charge on any atom is 0.255 e. The molecule has 1 amide bonds. The van der Waals surface area contributed by atoms with Gasteiger partial charge >= 0.3 is 0 Å². The van der Waals surface area contributed by atoms with Gasteiger partial charge < -0.3 is 10.2 Å². The monoisotopic (exact) mass is 330 g/mol. The van der Waals surface area contributed by atoms with Gasteiger partial charge in [-0.1, -0.05) is 0 Å². The van der Waals surface area contributed by atoms with Crippen molar-refractivity contribution in [2.24, 2.45) is 0 Å². The molecule has 4 heterocycles. The van der Waals surface area contributed by atoms with E-state index >= 15 is 0 Å². The number of nitrogens with zero attached hydrogens (tertiary/aromatic N) is 3. The number of aryl methyl sites for hydroxylation is 1. The Morgan fingerprint density at radius 2 is 2.13 bits per heavy atom. The Hall–Kier alpha value is -1.66. The molecule has 1 N–H and O–H groups in total. The molecule has 0 aromatic carbocycles.